The van der Waals surface area contributed by atoms with Gasteiger partial charge in [-0.1, -0.05) is 12.1 Å². The van der Waals surface area contributed by atoms with Gasteiger partial charge in [-0.05, 0) is 12.1 Å². The number of hydrazine groups is 1. The minimum absolute atomic E-state index is 0. The lowest BCUT2D eigenvalue weighted by molar-refractivity contribution is 0.617. The van der Waals surface area contributed by atoms with E-state index in [0.717, 1.165) is 11.1 Å². The normalized spacial score (nSPS) is 9.42. The summed E-state index contributed by atoms with van der Waals surface area (Å²) in [6, 6.07) is 7.81. The molecule has 0 aliphatic rings. The van der Waals surface area contributed by atoms with E-state index in [1.807, 2.05) is 24.3 Å². The van der Waals surface area contributed by atoms with Crippen LogP contribution in [0.25, 0.3) is 11.1 Å². The number of anilines is 1. The Hall–Kier alpha value is -1.26. The fraction of sp³-hybridized carbons (Fsp3) is 0. The zero-order chi connectivity index (χ0) is 7.68. The third kappa shape index (κ3) is 1.34. The number of oxazole rings is 1. The number of rotatable bonds is 1. The summed E-state index contributed by atoms with van der Waals surface area (Å²) in [7, 11) is 0. The number of hydrogen-bond acceptors (Lipinski definition) is 4. The summed E-state index contributed by atoms with van der Waals surface area (Å²) in [6.45, 7) is 0. The van der Waals surface area contributed by atoms with Crippen LogP contribution in [-0.2, 0) is 0 Å². The Balaban J connectivity index is 0.000000720. The van der Waals surface area contributed by atoms with E-state index in [4.69, 9.17) is 10.3 Å². The molecule has 0 spiro atoms. The highest BCUT2D eigenvalue weighted by atomic mass is 35.5. The number of nitrogens with two attached hydrogens (primary N) is 1. The van der Waals surface area contributed by atoms with E-state index in [-0.39, 0.29) is 12.4 Å². The average molecular weight is 186 g/mol. The van der Waals surface area contributed by atoms with Gasteiger partial charge in [-0.15, -0.1) is 12.4 Å². The van der Waals surface area contributed by atoms with E-state index in [9.17, 15) is 0 Å². The highest BCUT2D eigenvalue weighted by Crippen LogP contribution is 2.16. The van der Waals surface area contributed by atoms with Crippen molar-refractivity contribution in [3.8, 4) is 0 Å². The van der Waals surface area contributed by atoms with Crippen LogP contribution in [0.2, 0.25) is 0 Å². The third-order valence-corrected chi connectivity index (χ3v) is 1.42. The predicted molar refractivity (Wildman–Crippen MR) is 49.1 cm³/mol. The molecule has 0 atom stereocenters. The molecule has 5 heteroatoms. The molecule has 12 heavy (non-hydrogen) atoms. The van der Waals surface area contributed by atoms with E-state index in [0.29, 0.717) is 6.01 Å². The van der Waals surface area contributed by atoms with Gasteiger partial charge in [0.1, 0.15) is 5.52 Å². The molecule has 0 amide bonds. The molecule has 2 rings (SSSR count). The van der Waals surface area contributed by atoms with Gasteiger partial charge in [0.25, 0.3) is 0 Å². The Kier molecular flexibility index (Phi) is 2.52. The molecule has 0 unspecified atom stereocenters. The van der Waals surface area contributed by atoms with Crippen LogP contribution in [0.4, 0.5) is 6.01 Å². The van der Waals surface area contributed by atoms with Gasteiger partial charge in [0.05, 0.1) is 0 Å². The quantitative estimate of drug-likeness (QED) is 0.523. The second kappa shape index (κ2) is 3.42. The molecule has 0 aliphatic carbocycles. The van der Waals surface area contributed by atoms with Crippen LogP contribution in [0, 0.1) is 0 Å². The number of nitrogens with zero attached hydrogens (tertiary/aromatic N) is 1. The van der Waals surface area contributed by atoms with Crippen LogP contribution in [-0.4, -0.2) is 4.98 Å². The SMILES string of the molecule is Cl.NNc1nc2ccccc2o1. The first kappa shape index (κ1) is 8.83. The minimum atomic E-state index is 0. The maximum absolute atomic E-state index is 5.17. The summed E-state index contributed by atoms with van der Waals surface area (Å²) in [6.07, 6.45) is 0. The van der Waals surface area contributed by atoms with Gasteiger partial charge in [-0.3, -0.25) is 5.43 Å². The molecule has 0 fully saturated rings. The van der Waals surface area contributed by atoms with E-state index in [2.05, 4.69) is 10.4 Å². The van der Waals surface area contributed by atoms with Crippen molar-refractivity contribution >= 4 is 29.5 Å². The Morgan fingerprint density at radius 3 is 2.75 bits per heavy atom. The molecule has 1 heterocycles. The van der Waals surface area contributed by atoms with Crippen molar-refractivity contribution in [2.75, 3.05) is 5.43 Å². The van der Waals surface area contributed by atoms with Crippen LogP contribution in [0.1, 0.15) is 0 Å². The molecule has 1 aromatic carbocycles. The van der Waals surface area contributed by atoms with Crippen molar-refractivity contribution in [2.45, 2.75) is 0 Å². The molecule has 64 valence electrons. The van der Waals surface area contributed by atoms with Gasteiger partial charge in [0, 0.05) is 0 Å². The van der Waals surface area contributed by atoms with Crippen molar-refractivity contribution in [2.24, 2.45) is 5.84 Å². The summed E-state index contributed by atoms with van der Waals surface area (Å²) in [5.74, 6) is 5.11. The van der Waals surface area contributed by atoms with E-state index < -0.39 is 0 Å². The first-order valence-corrected chi connectivity index (χ1v) is 3.22. The molecule has 0 radical (unpaired) electrons. The van der Waals surface area contributed by atoms with Gasteiger partial charge in [0.15, 0.2) is 5.58 Å². The van der Waals surface area contributed by atoms with Gasteiger partial charge in [-0.25, -0.2) is 5.84 Å². The lowest BCUT2D eigenvalue weighted by Gasteiger charge is -1.84. The van der Waals surface area contributed by atoms with E-state index >= 15 is 0 Å². The standard InChI is InChI=1S/C7H7N3O.ClH/c8-10-7-9-5-3-1-2-4-6(5)11-7;/h1-4H,8H2,(H,9,10);1H. The second-order valence-corrected chi connectivity index (χ2v) is 2.13. The first-order valence-electron chi connectivity index (χ1n) is 3.22. The number of halogens is 1. The fourth-order valence-electron chi connectivity index (χ4n) is 0.934. The molecule has 3 N–H and O–H groups in total. The molecule has 1 aromatic heterocycles. The van der Waals surface area contributed by atoms with Gasteiger partial charge in [0.2, 0.25) is 0 Å². The summed E-state index contributed by atoms with van der Waals surface area (Å²) < 4.78 is 5.17. The molecule has 0 saturated carbocycles. The smallest absolute Gasteiger partial charge is 0.310 e. The number of aromatic nitrogens is 1. The minimum Gasteiger partial charge on any atom is -0.423 e. The van der Waals surface area contributed by atoms with Crippen molar-refractivity contribution in [1.29, 1.82) is 0 Å². The number of hydrogen-bond donors (Lipinski definition) is 2. The zero-order valence-electron chi connectivity index (χ0n) is 6.15. The Morgan fingerprint density at radius 2 is 2.08 bits per heavy atom. The van der Waals surface area contributed by atoms with Gasteiger partial charge >= 0.3 is 6.01 Å². The lowest BCUT2D eigenvalue weighted by Crippen LogP contribution is -2.06. The summed E-state index contributed by atoms with van der Waals surface area (Å²) in [5, 5.41) is 0. The number of nitrogens with one attached hydrogen (secondary N) is 1. The monoisotopic (exact) mass is 185 g/mol. The molecule has 0 saturated heterocycles. The third-order valence-electron chi connectivity index (χ3n) is 1.42. The summed E-state index contributed by atoms with van der Waals surface area (Å²) in [5.41, 5.74) is 3.88. The number of para-hydroxylation sites is 2. The van der Waals surface area contributed by atoms with Crippen molar-refractivity contribution in [3.63, 3.8) is 0 Å². The summed E-state index contributed by atoms with van der Waals surface area (Å²) >= 11 is 0. The lowest BCUT2D eigenvalue weighted by atomic mass is 10.3. The zero-order valence-corrected chi connectivity index (χ0v) is 6.97. The molecule has 0 bridgehead atoms. The predicted octanol–water partition coefficient (Wildman–Crippen LogP) is 1.54. The molecule has 0 aliphatic heterocycles. The Bertz CT molecular complexity index is 340. The fourth-order valence-corrected chi connectivity index (χ4v) is 0.934. The Morgan fingerprint density at radius 1 is 1.33 bits per heavy atom. The van der Waals surface area contributed by atoms with Gasteiger partial charge in [-0.2, -0.15) is 4.98 Å². The molecule has 2 aromatic rings. The van der Waals surface area contributed by atoms with Crippen LogP contribution < -0.4 is 11.3 Å². The maximum atomic E-state index is 5.17. The Labute approximate surface area is 75.1 Å². The van der Waals surface area contributed by atoms with Crippen molar-refractivity contribution in [3.05, 3.63) is 24.3 Å². The second-order valence-electron chi connectivity index (χ2n) is 2.13. The highest BCUT2D eigenvalue weighted by molar-refractivity contribution is 5.85. The van der Waals surface area contributed by atoms with Crippen LogP contribution >= 0.6 is 12.4 Å². The van der Waals surface area contributed by atoms with Gasteiger partial charge < -0.3 is 4.42 Å². The van der Waals surface area contributed by atoms with Crippen LogP contribution in [0.15, 0.2) is 28.7 Å². The first-order chi connectivity index (χ1) is 5.40. The highest BCUT2D eigenvalue weighted by Gasteiger charge is 2.00. The number of fused-ring (bicyclic) bond motifs is 1. The molecular weight excluding hydrogens is 178 g/mol. The molecular formula is C7H8ClN3O. The van der Waals surface area contributed by atoms with E-state index in [1.165, 1.54) is 0 Å². The number of benzene rings is 1. The largest absolute Gasteiger partial charge is 0.423 e. The maximum Gasteiger partial charge on any atom is 0.310 e. The molecule has 4 nitrogen and oxygen atoms in total. The van der Waals surface area contributed by atoms with Crippen molar-refractivity contribution in [1.82, 2.24) is 4.98 Å². The summed E-state index contributed by atoms with van der Waals surface area (Å²) in [4.78, 5) is 4.03. The van der Waals surface area contributed by atoms with Crippen LogP contribution in [0.3, 0.4) is 0 Å². The topological polar surface area (TPSA) is 64.1 Å². The van der Waals surface area contributed by atoms with E-state index in [1.54, 1.807) is 0 Å². The van der Waals surface area contributed by atoms with Crippen molar-refractivity contribution < 1.29 is 4.42 Å². The van der Waals surface area contributed by atoms with Crippen LogP contribution in [0.5, 0.6) is 0 Å². The average Bonchev–Trinajstić information content (AvgIpc) is 2.46. The number of nitrogen functional groups attached to an aromatic ring is 1.